The Bertz CT molecular complexity index is 1460. The van der Waals surface area contributed by atoms with E-state index < -0.39 is 20.4 Å². The highest BCUT2D eigenvalue weighted by Crippen LogP contribution is 2.30. The molecule has 2 aromatic carbocycles. The van der Waals surface area contributed by atoms with Gasteiger partial charge >= 0.3 is 10.4 Å². The zero-order valence-electron chi connectivity index (χ0n) is 20.4. The van der Waals surface area contributed by atoms with E-state index in [1.165, 1.54) is 12.8 Å². The molecule has 5 rings (SSSR count). The quantitative estimate of drug-likeness (QED) is 0.373. The van der Waals surface area contributed by atoms with Crippen molar-refractivity contribution >= 4 is 42.9 Å². The van der Waals surface area contributed by atoms with Crippen LogP contribution < -0.4 is 4.72 Å². The number of pyridine rings is 1. The van der Waals surface area contributed by atoms with Crippen LogP contribution in [-0.4, -0.2) is 84.8 Å². The maximum atomic E-state index is 13.0. The first-order valence-electron chi connectivity index (χ1n) is 11.7. The van der Waals surface area contributed by atoms with E-state index in [0.717, 1.165) is 44.0 Å². The second-order valence-corrected chi connectivity index (χ2v) is 11.5. The zero-order valence-corrected chi connectivity index (χ0v) is 22.0. The molecule has 0 radical (unpaired) electrons. The van der Waals surface area contributed by atoms with Gasteiger partial charge in [0.2, 0.25) is 0 Å². The number of sulfonamides is 1. The number of benzene rings is 2. The minimum atomic E-state index is -4.67. The van der Waals surface area contributed by atoms with Crippen molar-refractivity contribution in [1.82, 2.24) is 14.8 Å². The third kappa shape index (κ3) is 8.18. The molecule has 1 aliphatic heterocycles. The van der Waals surface area contributed by atoms with Crippen molar-refractivity contribution in [2.45, 2.75) is 17.7 Å². The first-order chi connectivity index (χ1) is 17.5. The van der Waals surface area contributed by atoms with Crippen molar-refractivity contribution in [2.24, 2.45) is 5.92 Å². The van der Waals surface area contributed by atoms with Crippen molar-refractivity contribution in [3.63, 3.8) is 0 Å². The summed E-state index contributed by atoms with van der Waals surface area (Å²) in [5.41, 5.74) is 1.40. The Hall–Kier alpha value is -3.14. The second-order valence-electron chi connectivity index (χ2n) is 9.00. The Balaban J connectivity index is 0.000000612. The van der Waals surface area contributed by atoms with Gasteiger partial charge in [0.1, 0.15) is 4.90 Å². The molecule has 1 saturated carbocycles. The Kier molecular flexibility index (Phi) is 9.40. The molecule has 0 atom stereocenters. The van der Waals surface area contributed by atoms with Crippen LogP contribution in [-0.2, 0) is 20.4 Å². The maximum absolute atomic E-state index is 13.0. The van der Waals surface area contributed by atoms with Gasteiger partial charge in [0.25, 0.3) is 15.9 Å². The van der Waals surface area contributed by atoms with E-state index in [-0.39, 0.29) is 16.3 Å². The van der Waals surface area contributed by atoms with Gasteiger partial charge in [-0.3, -0.25) is 28.5 Å². The molecule has 12 nitrogen and oxygen atoms in total. The molecule has 2 heterocycles. The number of para-hydroxylation sites is 1. The number of piperazine rings is 1. The summed E-state index contributed by atoms with van der Waals surface area (Å²) < 4.78 is 60.1. The van der Waals surface area contributed by atoms with E-state index in [4.69, 9.17) is 17.5 Å². The lowest BCUT2D eigenvalue weighted by Crippen LogP contribution is -2.49. The van der Waals surface area contributed by atoms with Crippen molar-refractivity contribution in [3.05, 3.63) is 66.4 Å². The third-order valence-electron chi connectivity index (χ3n) is 6.14. The molecule has 0 bridgehead atoms. The minimum absolute atomic E-state index is 0. The van der Waals surface area contributed by atoms with Crippen LogP contribution in [0.2, 0.25) is 0 Å². The van der Waals surface area contributed by atoms with Crippen LogP contribution >= 0.6 is 0 Å². The van der Waals surface area contributed by atoms with Crippen molar-refractivity contribution in [2.75, 3.05) is 37.4 Å². The van der Waals surface area contributed by atoms with Crippen LogP contribution in [0.1, 0.15) is 23.2 Å². The number of carbonyl (C=O) groups is 1. The standard InChI is InChI=1S/C24H26N4O3S.H2O4S.H2O/c29-24(28-15-13-27(14-16-28)17-18-6-7-18)20-8-10-21(11-9-20)26-32(30,31)22-5-1-3-19-4-2-12-25-23(19)22;1-5(2,3)4;/h1-5,8-12,18,26H,6-7,13-17H2;(H2,1,2,3,4);1H2. The molecule has 0 unspecified atom stereocenters. The molecule has 38 heavy (non-hydrogen) atoms. The Labute approximate surface area is 221 Å². The summed E-state index contributed by atoms with van der Waals surface area (Å²) in [6, 6.07) is 15.3. The van der Waals surface area contributed by atoms with E-state index in [9.17, 15) is 13.2 Å². The van der Waals surface area contributed by atoms with Crippen LogP contribution in [0.5, 0.6) is 0 Å². The van der Waals surface area contributed by atoms with Gasteiger partial charge < -0.3 is 10.4 Å². The topological polar surface area (TPSA) is 189 Å². The van der Waals surface area contributed by atoms with Gasteiger partial charge in [-0.2, -0.15) is 8.42 Å². The first-order valence-corrected chi connectivity index (χ1v) is 14.6. The van der Waals surface area contributed by atoms with Crippen LogP contribution in [0.15, 0.2) is 65.7 Å². The number of nitrogens with one attached hydrogen (secondary N) is 1. The normalized spacial score (nSPS) is 16.2. The lowest BCUT2D eigenvalue weighted by atomic mass is 10.1. The molecule has 3 aromatic rings. The van der Waals surface area contributed by atoms with E-state index in [2.05, 4.69) is 14.6 Å². The van der Waals surface area contributed by atoms with Crippen molar-refractivity contribution in [3.8, 4) is 0 Å². The Morgan fingerprint density at radius 3 is 2.13 bits per heavy atom. The second kappa shape index (κ2) is 12.1. The molecule has 1 aliphatic carbocycles. The molecule has 1 saturated heterocycles. The molecule has 1 amide bonds. The summed E-state index contributed by atoms with van der Waals surface area (Å²) in [7, 11) is -8.48. The number of carbonyl (C=O) groups excluding carboxylic acids is 1. The van der Waals surface area contributed by atoms with E-state index >= 15 is 0 Å². The first kappa shape index (κ1) is 29.4. The van der Waals surface area contributed by atoms with Gasteiger partial charge in [0.15, 0.2) is 0 Å². The molecular formula is C24H30N4O8S2. The van der Waals surface area contributed by atoms with Gasteiger partial charge in [0, 0.05) is 55.6 Å². The summed E-state index contributed by atoms with van der Waals surface area (Å²) in [5, 5.41) is 0.758. The summed E-state index contributed by atoms with van der Waals surface area (Å²) in [4.78, 5) is 21.5. The summed E-state index contributed by atoms with van der Waals surface area (Å²) in [6.45, 7) is 4.45. The highest BCUT2D eigenvalue weighted by atomic mass is 32.3. The largest absolute Gasteiger partial charge is 0.412 e. The monoisotopic (exact) mass is 566 g/mol. The van der Waals surface area contributed by atoms with Crippen LogP contribution in [0.4, 0.5) is 5.69 Å². The van der Waals surface area contributed by atoms with Crippen LogP contribution in [0.3, 0.4) is 0 Å². The van der Waals surface area contributed by atoms with Crippen LogP contribution in [0.25, 0.3) is 10.9 Å². The average Bonchev–Trinajstić information content (AvgIpc) is 3.67. The van der Waals surface area contributed by atoms with Gasteiger partial charge in [-0.05, 0) is 55.2 Å². The molecule has 14 heteroatoms. The number of amides is 1. The summed E-state index contributed by atoms with van der Waals surface area (Å²) >= 11 is 0. The third-order valence-corrected chi connectivity index (χ3v) is 7.55. The average molecular weight is 567 g/mol. The molecule has 206 valence electrons. The van der Waals surface area contributed by atoms with E-state index in [1.54, 1.807) is 48.7 Å². The minimum Gasteiger partial charge on any atom is -0.412 e. The highest BCUT2D eigenvalue weighted by molar-refractivity contribution is 7.93. The summed E-state index contributed by atoms with van der Waals surface area (Å²) in [5.74, 6) is 0.849. The molecule has 5 N–H and O–H groups in total. The highest BCUT2D eigenvalue weighted by Gasteiger charge is 2.28. The van der Waals surface area contributed by atoms with E-state index in [1.807, 2.05) is 17.0 Å². The number of rotatable bonds is 6. The van der Waals surface area contributed by atoms with Gasteiger partial charge in [-0.15, -0.1) is 0 Å². The predicted octanol–water partition coefficient (Wildman–Crippen LogP) is 1.73. The number of aromatic nitrogens is 1. The number of anilines is 1. The lowest BCUT2D eigenvalue weighted by molar-refractivity contribution is 0.0632. The van der Waals surface area contributed by atoms with Gasteiger partial charge in [-0.1, -0.05) is 18.2 Å². The Morgan fingerprint density at radius 1 is 0.921 bits per heavy atom. The SMILES string of the molecule is O.O=C(c1ccc(NS(=O)(=O)c2cccc3cccnc23)cc1)N1CCN(CC2CC2)CC1.O=S(=O)(O)O. The molecule has 2 aliphatic rings. The van der Waals surface area contributed by atoms with Gasteiger partial charge in [0.05, 0.1) is 5.52 Å². The fourth-order valence-corrected chi connectivity index (χ4v) is 5.40. The molecule has 0 spiro atoms. The number of nitrogens with zero attached hydrogens (tertiary/aromatic N) is 3. The lowest BCUT2D eigenvalue weighted by Gasteiger charge is -2.34. The molecule has 2 fully saturated rings. The number of fused-ring (bicyclic) bond motifs is 1. The fraction of sp³-hybridized carbons (Fsp3) is 0.333. The molecular weight excluding hydrogens is 536 g/mol. The number of hydrogen-bond acceptors (Lipinski definition) is 7. The number of hydrogen-bond donors (Lipinski definition) is 3. The van der Waals surface area contributed by atoms with Crippen molar-refractivity contribution in [1.29, 1.82) is 0 Å². The smallest absolute Gasteiger partial charge is 0.394 e. The zero-order chi connectivity index (χ0) is 26.6. The Morgan fingerprint density at radius 2 is 1.53 bits per heavy atom. The predicted molar refractivity (Wildman–Crippen MR) is 142 cm³/mol. The maximum Gasteiger partial charge on any atom is 0.394 e. The fourth-order valence-electron chi connectivity index (χ4n) is 4.17. The van der Waals surface area contributed by atoms with Gasteiger partial charge in [-0.25, -0.2) is 8.42 Å². The molecule has 1 aromatic heterocycles. The van der Waals surface area contributed by atoms with Crippen LogP contribution in [0, 0.1) is 5.92 Å². The van der Waals surface area contributed by atoms with E-state index in [0.29, 0.717) is 16.8 Å². The summed E-state index contributed by atoms with van der Waals surface area (Å²) in [6.07, 6.45) is 4.26. The van der Waals surface area contributed by atoms with Crippen molar-refractivity contribution < 1.29 is 36.2 Å².